The van der Waals surface area contributed by atoms with Crippen molar-refractivity contribution >= 4 is 29.1 Å². The van der Waals surface area contributed by atoms with Crippen molar-refractivity contribution in [1.29, 1.82) is 0 Å². The summed E-state index contributed by atoms with van der Waals surface area (Å²) in [4.78, 5) is 2.45. The molecule has 2 unspecified atom stereocenters. The van der Waals surface area contributed by atoms with Crippen LogP contribution < -0.4 is 10.2 Å². The molecule has 0 bridgehead atoms. The number of rotatable bonds is 6. The fraction of sp³-hybridized carbons (Fsp3) is 0.625. The lowest BCUT2D eigenvalue weighted by molar-refractivity contribution is 0.199. The molecule has 0 saturated carbocycles. The van der Waals surface area contributed by atoms with Crippen LogP contribution in [-0.4, -0.2) is 43.9 Å². The summed E-state index contributed by atoms with van der Waals surface area (Å²) >= 11 is 8.56. The molecule has 1 aromatic rings. The summed E-state index contributed by atoms with van der Waals surface area (Å²) < 4.78 is 5.08. The highest BCUT2D eigenvalue weighted by Gasteiger charge is 2.25. The lowest BCUT2D eigenvalue weighted by Crippen LogP contribution is -2.41. The largest absolute Gasteiger partial charge is 0.383 e. The predicted octanol–water partition coefficient (Wildman–Crippen LogP) is 3.41. The Labute approximate surface area is 137 Å². The molecule has 1 heterocycles. The van der Waals surface area contributed by atoms with Gasteiger partial charge < -0.3 is 15.0 Å². The number of thioether (sulfide) groups is 1. The molecule has 1 fully saturated rings. The molecule has 1 aliphatic rings. The van der Waals surface area contributed by atoms with E-state index in [-0.39, 0.29) is 0 Å². The van der Waals surface area contributed by atoms with E-state index < -0.39 is 0 Å². The van der Waals surface area contributed by atoms with Gasteiger partial charge in [0.2, 0.25) is 0 Å². The number of ether oxygens (including phenoxy) is 1. The summed E-state index contributed by atoms with van der Waals surface area (Å²) in [5, 5.41) is 5.55. The van der Waals surface area contributed by atoms with Crippen molar-refractivity contribution in [3.8, 4) is 0 Å². The van der Waals surface area contributed by atoms with Crippen molar-refractivity contribution in [2.24, 2.45) is 0 Å². The first-order chi connectivity index (χ1) is 10.1. The van der Waals surface area contributed by atoms with Crippen molar-refractivity contribution in [1.82, 2.24) is 5.32 Å². The number of nitrogens with zero attached hydrogens (tertiary/aromatic N) is 1. The second kappa shape index (κ2) is 8.28. The Morgan fingerprint density at radius 2 is 2.05 bits per heavy atom. The molecule has 21 heavy (non-hydrogen) atoms. The van der Waals surface area contributed by atoms with Crippen LogP contribution in [0.5, 0.6) is 0 Å². The molecule has 2 rings (SSSR count). The Bertz CT molecular complexity index is 448. The summed E-state index contributed by atoms with van der Waals surface area (Å²) in [7, 11) is 1.72. The molecule has 0 amide bonds. The summed E-state index contributed by atoms with van der Waals surface area (Å²) in [5.41, 5.74) is 2.47. The van der Waals surface area contributed by atoms with Gasteiger partial charge in [-0.3, -0.25) is 0 Å². The zero-order chi connectivity index (χ0) is 15.2. The second-order valence-electron chi connectivity index (χ2n) is 5.58. The van der Waals surface area contributed by atoms with Gasteiger partial charge in [0, 0.05) is 43.8 Å². The first-order valence-corrected chi connectivity index (χ1v) is 8.81. The van der Waals surface area contributed by atoms with E-state index >= 15 is 0 Å². The third-order valence-electron chi connectivity index (χ3n) is 3.60. The average Bonchev–Trinajstić information content (AvgIpc) is 2.42. The van der Waals surface area contributed by atoms with E-state index in [9.17, 15) is 0 Å². The van der Waals surface area contributed by atoms with Crippen LogP contribution >= 0.6 is 23.4 Å². The van der Waals surface area contributed by atoms with Gasteiger partial charge in [-0.25, -0.2) is 0 Å². The minimum atomic E-state index is 0.638. The zero-order valence-corrected chi connectivity index (χ0v) is 14.6. The maximum Gasteiger partial charge on any atom is 0.0642 e. The molecule has 118 valence electrons. The van der Waals surface area contributed by atoms with E-state index in [4.69, 9.17) is 16.3 Å². The van der Waals surface area contributed by atoms with Gasteiger partial charge in [-0.2, -0.15) is 11.8 Å². The summed E-state index contributed by atoms with van der Waals surface area (Å²) in [6, 6.07) is 6.19. The van der Waals surface area contributed by atoms with Gasteiger partial charge >= 0.3 is 0 Å². The first-order valence-electron chi connectivity index (χ1n) is 7.49. The van der Waals surface area contributed by atoms with Gasteiger partial charge in [0.05, 0.1) is 17.3 Å². The van der Waals surface area contributed by atoms with E-state index in [0.29, 0.717) is 10.5 Å². The van der Waals surface area contributed by atoms with Crippen molar-refractivity contribution in [2.45, 2.75) is 30.9 Å². The summed E-state index contributed by atoms with van der Waals surface area (Å²) in [6.45, 7) is 9.11. The molecule has 1 saturated heterocycles. The molecular formula is C16H25ClN2OS. The summed E-state index contributed by atoms with van der Waals surface area (Å²) in [5.74, 6) is 0. The summed E-state index contributed by atoms with van der Waals surface area (Å²) in [6.07, 6.45) is 0. The third kappa shape index (κ3) is 4.78. The number of benzene rings is 1. The Hall–Kier alpha value is -0.420. The highest BCUT2D eigenvalue weighted by Crippen LogP contribution is 2.35. The molecule has 0 aromatic heterocycles. The average molecular weight is 329 g/mol. The Kier molecular flexibility index (Phi) is 6.68. The van der Waals surface area contributed by atoms with Gasteiger partial charge in [0.1, 0.15) is 0 Å². The van der Waals surface area contributed by atoms with Gasteiger partial charge in [-0.1, -0.05) is 37.6 Å². The Morgan fingerprint density at radius 1 is 1.33 bits per heavy atom. The Morgan fingerprint density at radius 3 is 2.71 bits per heavy atom. The molecule has 0 radical (unpaired) electrons. The SMILES string of the molecule is COCCNCc1cccc(Cl)c1N1CC(C)SC(C)C1. The molecule has 0 spiro atoms. The van der Waals surface area contributed by atoms with Crippen LogP contribution in [0.3, 0.4) is 0 Å². The normalized spacial score (nSPS) is 22.6. The van der Waals surface area contributed by atoms with Crippen LogP contribution in [0.25, 0.3) is 0 Å². The molecule has 0 aliphatic carbocycles. The van der Waals surface area contributed by atoms with Crippen molar-refractivity contribution in [3.05, 3.63) is 28.8 Å². The molecule has 3 nitrogen and oxygen atoms in total. The first kappa shape index (κ1) is 16.9. The van der Waals surface area contributed by atoms with E-state index in [1.54, 1.807) is 7.11 Å². The number of hydrogen-bond acceptors (Lipinski definition) is 4. The highest BCUT2D eigenvalue weighted by atomic mass is 35.5. The van der Waals surface area contributed by atoms with E-state index in [1.165, 1.54) is 11.3 Å². The van der Waals surface area contributed by atoms with E-state index in [1.807, 2.05) is 12.1 Å². The van der Waals surface area contributed by atoms with Crippen LogP contribution in [0.1, 0.15) is 19.4 Å². The number of methoxy groups -OCH3 is 1. The smallest absolute Gasteiger partial charge is 0.0642 e. The van der Waals surface area contributed by atoms with Crippen molar-refractivity contribution in [3.63, 3.8) is 0 Å². The lowest BCUT2D eigenvalue weighted by atomic mass is 10.1. The highest BCUT2D eigenvalue weighted by molar-refractivity contribution is 8.00. The van der Waals surface area contributed by atoms with Crippen molar-refractivity contribution in [2.75, 3.05) is 38.3 Å². The third-order valence-corrected chi connectivity index (χ3v) is 5.14. The van der Waals surface area contributed by atoms with Gasteiger partial charge in [0.15, 0.2) is 0 Å². The standard InChI is InChI=1S/C16H25ClN2OS/c1-12-10-19(11-13(2)21-12)16-14(5-4-6-15(16)17)9-18-7-8-20-3/h4-6,12-13,18H,7-11H2,1-3H3. The molecule has 2 atom stereocenters. The number of para-hydroxylation sites is 1. The minimum Gasteiger partial charge on any atom is -0.383 e. The van der Waals surface area contributed by atoms with Crippen LogP contribution in [-0.2, 0) is 11.3 Å². The number of halogens is 1. The van der Waals surface area contributed by atoms with Crippen LogP contribution in [0.15, 0.2) is 18.2 Å². The molecule has 1 aromatic carbocycles. The van der Waals surface area contributed by atoms with E-state index in [0.717, 1.165) is 37.8 Å². The van der Waals surface area contributed by atoms with Crippen molar-refractivity contribution < 1.29 is 4.74 Å². The van der Waals surface area contributed by atoms with Gasteiger partial charge in [-0.15, -0.1) is 0 Å². The maximum atomic E-state index is 6.50. The number of nitrogens with one attached hydrogen (secondary N) is 1. The van der Waals surface area contributed by atoms with Gasteiger partial charge in [0.25, 0.3) is 0 Å². The molecule has 1 aliphatic heterocycles. The monoisotopic (exact) mass is 328 g/mol. The van der Waals surface area contributed by atoms with Crippen LogP contribution in [0.4, 0.5) is 5.69 Å². The van der Waals surface area contributed by atoms with Gasteiger partial charge in [-0.05, 0) is 11.6 Å². The Balaban J connectivity index is 2.13. The molecule has 5 heteroatoms. The minimum absolute atomic E-state index is 0.638. The maximum absolute atomic E-state index is 6.50. The van der Waals surface area contributed by atoms with Crippen LogP contribution in [0, 0.1) is 0 Å². The van der Waals surface area contributed by atoms with Crippen LogP contribution in [0.2, 0.25) is 5.02 Å². The second-order valence-corrected chi connectivity index (χ2v) is 7.87. The number of hydrogen-bond donors (Lipinski definition) is 1. The zero-order valence-electron chi connectivity index (χ0n) is 13.1. The fourth-order valence-corrected chi connectivity index (χ4v) is 4.45. The predicted molar refractivity (Wildman–Crippen MR) is 93.8 cm³/mol. The fourth-order valence-electron chi connectivity index (χ4n) is 2.81. The number of anilines is 1. The molecule has 1 N–H and O–H groups in total. The van der Waals surface area contributed by atoms with E-state index in [2.05, 4.69) is 41.9 Å². The quantitative estimate of drug-likeness (QED) is 0.809. The topological polar surface area (TPSA) is 24.5 Å². The lowest BCUT2D eigenvalue weighted by Gasteiger charge is -2.37. The molecular weight excluding hydrogens is 304 g/mol.